The minimum absolute atomic E-state index is 0.0841. The van der Waals surface area contributed by atoms with E-state index in [1.54, 1.807) is 4.90 Å². The maximum absolute atomic E-state index is 13.2. The maximum Gasteiger partial charge on any atom is 0.247 e. The third kappa shape index (κ3) is 5.23. The monoisotopic (exact) mass is 445 g/mol. The van der Waals surface area contributed by atoms with Crippen LogP contribution in [0.5, 0.6) is 5.75 Å². The van der Waals surface area contributed by atoms with Crippen molar-refractivity contribution in [3.8, 4) is 5.75 Å². The molecule has 1 aliphatic heterocycles. The number of carbonyl (C=O) groups excluding carboxylic acids is 2. The predicted octanol–water partition coefficient (Wildman–Crippen LogP) is 2.28. The van der Waals surface area contributed by atoms with Crippen LogP contribution in [0, 0.1) is 5.92 Å². The van der Waals surface area contributed by atoms with E-state index in [2.05, 4.69) is 5.32 Å². The number of sulfonamides is 1. The van der Waals surface area contributed by atoms with Gasteiger partial charge in [-0.2, -0.15) is 0 Å². The highest BCUT2D eigenvalue weighted by Crippen LogP contribution is 2.28. The molecular weight excluding hydrogens is 418 g/mol. The number of methoxy groups -OCH3 is 1. The second-order valence-electron chi connectivity index (χ2n) is 8.01. The second-order valence-corrected chi connectivity index (χ2v) is 9.54. The zero-order valence-corrected chi connectivity index (χ0v) is 18.6. The van der Waals surface area contributed by atoms with Gasteiger partial charge in [-0.15, -0.1) is 0 Å². The lowest BCUT2D eigenvalue weighted by atomic mass is 9.92. The van der Waals surface area contributed by atoms with Gasteiger partial charge in [0.15, 0.2) is 0 Å². The molecule has 2 aromatic rings. The van der Waals surface area contributed by atoms with E-state index in [4.69, 9.17) is 9.88 Å². The van der Waals surface area contributed by atoms with E-state index < -0.39 is 22.0 Å². The first-order chi connectivity index (χ1) is 14.6. The molecule has 1 aliphatic rings. The first-order valence-corrected chi connectivity index (χ1v) is 11.5. The Hall–Kier alpha value is -2.91. The Bertz CT molecular complexity index is 1100. The summed E-state index contributed by atoms with van der Waals surface area (Å²) in [5.74, 6) is -0.241. The Morgan fingerprint density at radius 1 is 1.19 bits per heavy atom. The number of nitrogens with one attached hydrogen (secondary N) is 1. The van der Waals surface area contributed by atoms with Gasteiger partial charge in [0, 0.05) is 25.1 Å². The fourth-order valence-electron chi connectivity index (χ4n) is 3.69. The van der Waals surface area contributed by atoms with E-state index in [1.807, 2.05) is 38.1 Å². The van der Waals surface area contributed by atoms with E-state index in [1.165, 1.54) is 25.3 Å². The van der Waals surface area contributed by atoms with Crippen LogP contribution < -0.4 is 15.2 Å². The van der Waals surface area contributed by atoms with Crippen LogP contribution in [-0.4, -0.2) is 38.3 Å². The quantitative estimate of drug-likeness (QED) is 0.707. The average Bonchev–Trinajstić information content (AvgIpc) is 2.71. The van der Waals surface area contributed by atoms with Crippen molar-refractivity contribution in [1.29, 1.82) is 0 Å². The Morgan fingerprint density at radius 2 is 1.87 bits per heavy atom. The topological polar surface area (TPSA) is 119 Å². The van der Waals surface area contributed by atoms with Crippen molar-refractivity contribution < 1.29 is 22.7 Å². The van der Waals surface area contributed by atoms with Crippen molar-refractivity contribution in [3.05, 3.63) is 53.6 Å². The number of primary sulfonamides is 1. The average molecular weight is 446 g/mol. The fourth-order valence-corrected chi connectivity index (χ4v) is 4.41. The number of nitrogens with zero attached hydrogens (tertiary/aromatic N) is 1. The van der Waals surface area contributed by atoms with Crippen LogP contribution in [0.25, 0.3) is 0 Å². The molecule has 3 N–H and O–H groups in total. The van der Waals surface area contributed by atoms with E-state index in [0.717, 1.165) is 11.1 Å². The van der Waals surface area contributed by atoms with Crippen LogP contribution in [0.15, 0.2) is 47.4 Å². The summed E-state index contributed by atoms with van der Waals surface area (Å²) in [6, 6.07) is 11.2. The van der Waals surface area contributed by atoms with Gasteiger partial charge >= 0.3 is 0 Å². The van der Waals surface area contributed by atoms with Gasteiger partial charge in [0.2, 0.25) is 21.8 Å². The van der Waals surface area contributed by atoms with E-state index in [-0.39, 0.29) is 28.2 Å². The molecule has 0 bridgehead atoms. The molecule has 0 saturated carbocycles. The molecule has 0 aliphatic carbocycles. The van der Waals surface area contributed by atoms with Crippen LogP contribution in [0.1, 0.15) is 31.4 Å². The lowest BCUT2D eigenvalue weighted by Gasteiger charge is -2.36. The molecule has 8 nitrogen and oxygen atoms in total. The van der Waals surface area contributed by atoms with Crippen molar-refractivity contribution in [3.63, 3.8) is 0 Å². The lowest BCUT2D eigenvalue weighted by Crippen LogP contribution is -2.50. The molecule has 1 unspecified atom stereocenters. The summed E-state index contributed by atoms with van der Waals surface area (Å²) in [5, 5.41) is 8.00. The number of carbonyl (C=O) groups is 2. The molecular formula is C22H27N3O5S. The zero-order valence-electron chi connectivity index (χ0n) is 17.8. The van der Waals surface area contributed by atoms with Gasteiger partial charge < -0.3 is 15.0 Å². The highest BCUT2D eigenvalue weighted by molar-refractivity contribution is 7.89. The van der Waals surface area contributed by atoms with Gasteiger partial charge in [0.1, 0.15) is 16.7 Å². The van der Waals surface area contributed by atoms with Gasteiger partial charge in [-0.1, -0.05) is 38.1 Å². The number of ether oxygens (including phenoxy) is 1. The highest BCUT2D eigenvalue weighted by Gasteiger charge is 2.34. The molecule has 0 saturated heterocycles. The minimum atomic E-state index is -4.05. The molecule has 3 rings (SSSR count). The van der Waals surface area contributed by atoms with E-state index >= 15 is 0 Å². The normalized spacial score (nSPS) is 16.0. The molecule has 0 fully saturated rings. The number of rotatable bonds is 6. The SMILES string of the molecule is COc1ccc(NC(=O)C2Cc3ccccc3CN2C(=O)CC(C)C)cc1S(N)(=O)=O. The molecule has 0 spiro atoms. The first-order valence-electron chi connectivity index (χ1n) is 9.98. The number of hydrogen-bond donors (Lipinski definition) is 2. The van der Waals surface area contributed by atoms with Crippen LogP contribution in [-0.2, 0) is 32.6 Å². The lowest BCUT2D eigenvalue weighted by molar-refractivity contribution is -0.140. The fraction of sp³-hybridized carbons (Fsp3) is 0.364. The Kier molecular flexibility index (Phi) is 6.66. The summed E-state index contributed by atoms with van der Waals surface area (Å²) in [5.41, 5.74) is 2.28. The molecule has 31 heavy (non-hydrogen) atoms. The number of amides is 2. The zero-order chi connectivity index (χ0) is 22.8. The van der Waals surface area contributed by atoms with Gasteiger partial charge in [0.05, 0.1) is 7.11 Å². The smallest absolute Gasteiger partial charge is 0.247 e. The third-order valence-corrected chi connectivity index (χ3v) is 6.12. The largest absolute Gasteiger partial charge is 0.495 e. The molecule has 0 aromatic heterocycles. The molecule has 9 heteroatoms. The molecule has 1 atom stereocenters. The van der Waals surface area contributed by atoms with Gasteiger partial charge in [0.25, 0.3) is 0 Å². The second kappa shape index (κ2) is 9.07. The summed E-state index contributed by atoms with van der Waals surface area (Å²) in [6.07, 6.45) is 0.716. The molecule has 2 amide bonds. The number of hydrogen-bond acceptors (Lipinski definition) is 5. The van der Waals surface area contributed by atoms with Gasteiger partial charge in [-0.05, 0) is 35.2 Å². The predicted molar refractivity (Wildman–Crippen MR) is 117 cm³/mol. The summed E-state index contributed by atoms with van der Waals surface area (Å²) < 4.78 is 28.8. The van der Waals surface area contributed by atoms with E-state index in [0.29, 0.717) is 19.4 Å². The minimum Gasteiger partial charge on any atom is -0.495 e. The maximum atomic E-state index is 13.2. The van der Waals surface area contributed by atoms with Crippen LogP contribution in [0.2, 0.25) is 0 Å². The standard InChI is InChI=1S/C22H27N3O5S/c1-14(2)10-21(26)25-13-16-7-5-4-6-15(16)11-18(25)22(27)24-17-8-9-19(30-3)20(12-17)31(23,28)29/h4-9,12,14,18H,10-11,13H2,1-3H3,(H,24,27)(H2,23,28,29). The van der Waals surface area contributed by atoms with Crippen LogP contribution >= 0.6 is 0 Å². The third-order valence-electron chi connectivity index (χ3n) is 5.19. The molecule has 1 heterocycles. The van der Waals surface area contributed by atoms with Crippen LogP contribution in [0.3, 0.4) is 0 Å². The van der Waals surface area contributed by atoms with E-state index in [9.17, 15) is 18.0 Å². The highest BCUT2D eigenvalue weighted by atomic mass is 32.2. The van der Waals surface area contributed by atoms with Crippen molar-refractivity contribution in [2.45, 2.75) is 44.2 Å². The van der Waals surface area contributed by atoms with Crippen LogP contribution in [0.4, 0.5) is 5.69 Å². The molecule has 0 radical (unpaired) electrons. The van der Waals surface area contributed by atoms with Gasteiger partial charge in [-0.3, -0.25) is 9.59 Å². The van der Waals surface area contributed by atoms with Crippen molar-refractivity contribution >= 4 is 27.5 Å². The number of fused-ring (bicyclic) bond motifs is 1. The van der Waals surface area contributed by atoms with Crippen molar-refractivity contribution in [2.75, 3.05) is 12.4 Å². The van der Waals surface area contributed by atoms with Crippen molar-refractivity contribution in [2.24, 2.45) is 11.1 Å². The Balaban J connectivity index is 1.90. The number of nitrogens with two attached hydrogens (primary N) is 1. The summed E-state index contributed by atoms with van der Waals surface area (Å²) in [4.78, 5) is 27.4. The Morgan fingerprint density at radius 3 is 2.48 bits per heavy atom. The number of benzene rings is 2. The summed E-state index contributed by atoms with van der Waals surface area (Å²) in [7, 11) is -2.71. The molecule has 2 aromatic carbocycles. The summed E-state index contributed by atoms with van der Waals surface area (Å²) >= 11 is 0. The summed E-state index contributed by atoms with van der Waals surface area (Å²) in [6.45, 7) is 4.26. The Labute approximate surface area is 182 Å². The van der Waals surface area contributed by atoms with Gasteiger partial charge in [-0.25, -0.2) is 13.6 Å². The molecule has 166 valence electrons. The van der Waals surface area contributed by atoms with Crippen molar-refractivity contribution in [1.82, 2.24) is 4.90 Å². The first kappa shape index (κ1) is 22.8. The number of anilines is 1.